The van der Waals surface area contributed by atoms with Crippen molar-refractivity contribution in [1.29, 1.82) is 10.5 Å². The Morgan fingerprint density at radius 3 is 1.71 bits per heavy atom. The predicted octanol–water partition coefficient (Wildman–Crippen LogP) is 12.5. The molecular weight excluding hydrogens is 679 g/mol. The maximum Gasteiger partial charge on any atom is 0.227 e. The molecule has 0 aliphatic rings. The fourth-order valence-electron chi connectivity index (χ4n) is 7.18. The highest BCUT2D eigenvalue weighted by atomic mass is 16.4. The van der Waals surface area contributed by atoms with Crippen LogP contribution in [0.4, 0.5) is 17.1 Å². The maximum atomic E-state index is 9.74. The van der Waals surface area contributed by atoms with E-state index in [4.69, 9.17) is 18.8 Å². The van der Waals surface area contributed by atoms with Gasteiger partial charge in [-0.15, -0.1) is 0 Å². The lowest BCUT2D eigenvalue weighted by Gasteiger charge is -2.25. The van der Waals surface area contributed by atoms with Crippen molar-refractivity contribution in [3.05, 3.63) is 175 Å². The summed E-state index contributed by atoms with van der Waals surface area (Å²) in [6.07, 6.45) is 0. The van der Waals surface area contributed by atoms with Gasteiger partial charge < -0.3 is 13.7 Å². The van der Waals surface area contributed by atoms with E-state index in [0.29, 0.717) is 40.1 Å². The lowest BCUT2D eigenvalue weighted by atomic mass is 9.93. The summed E-state index contributed by atoms with van der Waals surface area (Å²) in [4.78, 5) is 11.6. The Morgan fingerprint density at radius 2 is 1.09 bits per heavy atom. The summed E-state index contributed by atoms with van der Waals surface area (Å²) in [5, 5.41) is 22.7. The van der Waals surface area contributed by atoms with Gasteiger partial charge in [-0.05, 0) is 112 Å². The first-order valence-electron chi connectivity index (χ1n) is 18.2. The van der Waals surface area contributed by atoms with Crippen molar-refractivity contribution >= 4 is 60.8 Å². The molecule has 8 aromatic carbocycles. The summed E-state index contributed by atoms with van der Waals surface area (Å²) in [6, 6.07) is 55.6. The molecule has 10 aromatic rings. The van der Waals surface area contributed by atoms with E-state index in [2.05, 4.69) is 23.1 Å². The fraction of sp³-hybridized carbons (Fsp3) is 0. The minimum absolute atomic E-state index is 0.332. The quantitative estimate of drug-likeness (QED) is 0.169. The standard InChI is InChI=1S/C48H27N5O2/c49-28-36-23-34-12-7-13-41(42(34)25-37(36)29-50)35-15-14-33-24-38(17-16-32(33)22-35)53(39-18-20-43-45(26-39)54-47(51-43)30-8-3-1-4-9-30)40-19-21-44-46(27-40)55-48(52-44)31-10-5-2-6-11-31/h1-27H/i16D. The summed E-state index contributed by atoms with van der Waals surface area (Å²) >= 11 is 0. The van der Waals surface area contributed by atoms with Gasteiger partial charge in [-0.2, -0.15) is 10.5 Å². The Balaban J connectivity index is 1.11. The van der Waals surface area contributed by atoms with Gasteiger partial charge in [0.25, 0.3) is 0 Å². The smallest absolute Gasteiger partial charge is 0.227 e. The van der Waals surface area contributed by atoms with Gasteiger partial charge in [-0.3, -0.25) is 0 Å². The fourth-order valence-corrected chi connectivity index (χ4v) is 7.18. The third-order valence-corrected chi connectivity index (χ3v) is 9.86. The minimum atomic E-state index is 0.332. The molecule has 0 N–H and O–H groups in total. The van der Waals surface area contributed by atoms with Crippen LogP contribution in [0.5, 0.6) is 0 Å². The third-order valence-electron chi connectivity index (χ3n) is 9.86. The molecule has 10 rings (SSSR count). The largest absolute Gasteiger partial charge is 0.436 e. The van der Waals surface area contributed by atoms with E-state index in [9.17, 15) is 11.9 Å². The molecule has 2 aromatic heterocycles. The predicted molar refractivity (Wildman–Crippen MR) is 217 cm³/mol. The summed E-state index contributed by atoms with van der Waals surface area (Å²) in [5.41, 5.74) is 9.41. The maximum absolute atomic E-state index is 9.74. The van der Waals surface area contributed by atoms with Gasteiger partial charge >= 0.3 is 0 Å². The second kappa shape index (κ2) is 12.9. The Bertz CT molecular complexity index is 3130. The van der Waals surface area contributed by atoms with Crippen LogP contribution in [0.1, 0.15) is 12.5 Å². The van der Waals surface area contributed by atoms with Crippen LogP contribution in [0.25, 0.3) is 77.8 Å². The number of nitriles is 2. The number of hydrogen-bond donors (Lipinski definition) is 0. The van der Waals surface area contributed by atoms with Crippen LogP contribution in [0.15, 0.2) is 173 Å². The van der Waals surface area contributed by atoms with Crippen molar-refractivity contribution in [2.45, 2.75) is 0 Å². The lowest BCUT2D eigenvalue weighted by molar-refractivity contribution is 0.620. The van der Waals surface area contributed by atoms with Crippen molar-refractivity contribution < 1.29 is 10.2 Å². The lowest BCUT2D eigenvalue weighted by Crippen LogP contribution is -2.09. The average Bonchev–Trinajstić information content (AvgIpc) is 3.88. The molecule has 0 amide bonds. The van der Waals surface area contributed by atoms with Crippen LogP contribution in [-0.2, 0) is 0 Å². The van der Waals surface area contributed by atoms with E-state index in [1.165, 1.54) is 0 Å². The van der Waals surface area contributed by atoms with Gasteiger partial charge in [0.1, 0.15) is 23.2 Å². The molecule has 0 unspecified atom stereocenters. The first-order chi connectivity index (χ1) is 27.5. The topological polar surface area (TPSA) is 103 Å². The molecule has 0 spiro atoms. The average molecular weight is 707 g/mol. The van der Waals surface area contributed by atoms with Crippen molar-refractivity contribution in [2.75, 3.05) is 4.90 Å². The monoisotopic (exact) mass is 706 g/mol. The van der Waals surface area contributed by atoms with E-state index in [0.717, 1.165) is 71.9 Å². The molecule has 7 nitrogen and oxygen atoms in total. The van der Waals surface area contributed by atoms with Gasteiger partial charge in [0.2, 0.25) is 11.8 Å². The Morgan fingerprint density at radius 1 is 0.491 bits per heavy atom. The summed E-state index contributed by atoms with van der Waals surface area (Å²) in [6.45, 7) is 0. The molecule has 0 saturated carbocycles. The summed E-state index contributed by atoms with van der Waals surface area (Å²) in [5.74, 6) is 1.08. The van der Waals surface area contributed by atoms with Crippen molar-refractivity contribution in [1.82, 2.24) is 9.97 Å². The normalized spacial score (nSPS) is 11.5. The molecular formula is C48H27N5O2. The number of hydrogen-bond acceptors (Lipinski definition) is 7. The first-order valence-corrected chi connectivity index (χ1v) is 17.7. The van der Waals surface area contributed by atoms with Crippen molar-refractivity contribution in [3.8, 4) is 46.2 Å². The van der Waals surface area contributed by atoms with Crippen LogP contribution in [0.3, 0.4) is 0 Å². The highest BCUT2D eigenvalue weighted by Crippen LogP contribution is 2.41. The molecule has 0 saturated heterocycles. The Kier molecular flexibility index (Phi) is 7.18. The molecule has 0 aliphatic carbocycles. The van der Waals surface area contributed by atoms with E-state index >= 15 is 0 Å². The number of benzene rings is 8. The molecule has 0 bridgehead atoms. The van der Waals surface area contributed by atoms with E-state index in [-0.39, 0.29) is 0 Å². The van der Waals surface area contributed by atoms with Gasteiger partial charge in [0.15, 0.2) is 11.2 Å². The van der Waals surface area contributed by atoms with E-state index in [1.54, 1.807) is 12.1 Å². The van der Waals surface area contributed by atoms with Crippen LogP contribution in [0, 0.1) is 22.7 Å². The molecule has 7 heteroatoms. The SMILES string of the molecule is [2H]c1cc(N(c2ccc3nc(-c4ccccc4)oc3c2)c2ccc3nc(-c4ccccc4)oc3c2)cc2ccc(-c3cccc4cc(C#N)c(C#N)cc34)cc12. The zero-order valence-electron chi connectivity index (χ0n) is 30.1. The minimum Gasteiger partial charge on any atom is -0.436 e. The van der Waals surface area contributed by atoms with Gasteiger partial charge in [-0.1, -0.05) is 72.8 Å². The molecule has 0 fully saturated rings. The van der Waals surface area contributed by atoms with Gasteiger partial charge in [0, 0.05) is 40.3 Å². The number of rotatable bonds is 6. The summed E-state index contributed by atoms with van der Waals surface area (Å²) in [7, 11) is 0. The van der Waals surface area contributed by atoms with E-state index in [1.807, 2.05) is 140 Å². The van der Waals surface area contributed by atoms with Crippen molar-refractivity contribution in [3.63, 3.8) is 0 Å². The molecule has 0 radical (unpaired) electrons. The van der Waals surface area contributed by atoms with E-state index < -0.39 is 0 Å². The summed E-state index contributed by atoms with van der Waals surface area (Å²) < 4.78 is 22.0. The Hall–Kier alpha value is -8.00. The van der Waals surface area contributed by atoms with Crippen LogP contribution < -0.4 is 4.90 Å². The number of aromatic nitrogens is 2. The second-order valence-electron chi connectivity index (χ2n) is 13.2. The number of anilines is 3. The molecule has 55 heavy (non-hydrogen) atoms. The van der Waals surface area contributed by atoms with Crippen LogP contribution >= 0.6 is 0 Å². The van der Waals surface area contributed by atoms with Crippen LogP contribution in [-0.4, -0.2) is 9.97 Å². The number of fused-ring (bicyclic) bond motifs is 4. The molecule has 2 heterocycles. The zero-order chi connectivity index (χ0) is 37.8. The van der Waals surface area contributed by atoms with Gasteiger partial charge in [0.05, 0.1) is 12.5 Å². The highest BCUT2D eigenvalue weighted by molar-refractivity contribution is 6.01. The molecule has 0 atom stereocenters. The second-order valence-corrected chi connectivity index (χ2v) is 13.2. The first kappa shape index (κ1) is 30.6. The molecule has 256 valence electrons. The molecule has 0 aliphatic heterocycles. The Labute approximate surface area is 316 Å². The van der Waals surface area contributed by atoms with Gasteiger partial charge in [-0.25, -0.2) is 9.97 Å². The highest BCUT2D eigenvalue weighted by Gasteiger charge is 2.19. The number of oxazole rings is 2. The zero-order valence-corrected chi connectivity index (χ0v) is 29.1. The van der Waals surface area contributed by atoms with Crippen molar-refractivity contribution in [2.24, 2.45) is 0 Å². The van der Waals surface area contributed by atoms with Crippen LogP contribution in [0.2, 0.25) is 0 Å². The third kappa shape index (κ3) is 5.61. The number of nitrogens with zero attached hydrogens (tertiary/aromatic N) is 5.